The molecule has 0 aromatic rings. The van der Waals surface area contributed by atoms with Gasteiger partial charge < -0.3 is 10.2 Å². The topological polar surface area (TPSA) is 32.3 Å². The van der Waals surface area contributed by atoms with Crippen LogP contribution in [-0.2, 0) is 4.79 Å². The van der Waals surface area contributed by atoms with E-state index in [1.54, 1.807) is 0 Å². The number of carbonyl (C=O) groups excluding carboxylic acids is 1. The van der Waals surface area contributed by atoms with Gasteiger partial charge in [0.2, 0.25) is 5.91 Å². The minimum atomic E-state index is 0.164. The second-order valence-electron chi connectivity index (χ2n) is 4.14. The molecule has 13 heavy (non-hydrogen) atoms. The highest BCUT2D eigenvalue weighted by Gasteiger charge is 2.15. The molecule has 0 aromatic carbocycles. The van der Waals surface area contributed by atoms with E-state index in [2.05, 4.69) is 5.32 Å². The summed E-state index contributed by atoms with van der Waals surface area (Å²) < 4.78 is 0. The largest absolute Gasteiger partial charge is 0.352 e. The van der Waals surface area contributed by atoms with Crippen molar-refractivity contribution in [3.05, 3.63) is 0 Å². The highest BCUT2D eigenvalue weighted by molar-refractivity contribution is 5.78. The number of carbonyl (C=O) groups is 1. The van der Waals surface area contributed by atoms with E-state index in [-0.39, 0.29) is 5.91 Å². The summed E-state index contributed by atoms with van der Waals surface area (Å²) in [6, 6.07) is 0.446. The number of nitrogens with one attached hydrogen (secondary N) is 1. The van der Waals surface area contributed by atoms with E-state index >= 15 is 0 Å². The van der Waals surface area contributed by atoms with Crippen LogP contribution in [-0.4, -0.2) is 37.5 Å². The van der Waals surface area contributed by atoms with Crippen molar-refractivity contribution in [2.45, 2.75) is 38.1 Å². The molecule has 0 saturated heterocycles. The molecule has 76 valence electrons. The lowest BCUT2D eigenvalue weighted by Crippen LogP contribution is -2.40. The second kappa shape index (κ2) is 5.22. The van der Waals surface area contributed by atoms with Crippen molar-refractivity contribution < 1.29 is 4.79 Å². The molecule has 3 nitrogen and oxygen atoms in total. The third kappa shape index (κ3) is 4.27. The van der Waals surface area contributed by atoms with Gasteiger partial charge in [-0.15, -0.1) is 0 Å². The molecule has 0 radical (unpaired) electrons. The number of amides is 1. The van der Waals surface area contributed by atoms with Crippen molar-refractivity contribution in [3.63, 3.8) is 0 Å². The fourth-order valence-electron chi connectivity index (χ4n) is 1.81. The highest BCUT2D eigenvalue weighted by atomic mass is 16.2. The number of rotatable bonds is 3. The molecule has 0 heterocycles. The second-order valence-corrected chi connectivity index (χ2v) is 4.14. The summed E-state index contributed by atoms with van der Waals surface area (Å²) in [4.78, 5) is 13.3. The molecule has 0 unspecified atom stereocenters. The summed E-state index contributed by atoms with van der Waals surface area (Å²) in [6.07, 6.45) is 6.21. The van der Waals surface area contributed by atoms with E-state index < -0.39 is 0 Å². The van der Waals surface area contributed by atoms with Crippen LogP contribution in [0.5, 0.6) is 0 Å². The summed E-state index contributed by atoms with van der Waals surface area (Å²) in [5, 5.41) is 3.07. The first-order valence-corrected chi connectivity index (χ1v) is 5.12. The van der Waals surface area contributed by atoms with Gasteiger partial charge in [0.15, 0.2) is 0 Å². The lowest BCUT2D eigenvalue weighted by atomic mass is 9.95. The van der Waals surface area contributed by atoms with Crippen molar-refractivity contribution in [2.24, 2.45) is 0 Å². The van der Waals surface area contributed by atoms with Gasteiger partial charge in [-0.1, -0.05) is 19.3 Å². The first-order chi connectivity index (χ1) is 6.18. The number of likely N-dealkylation sites (N-methyl/N-ethyl adjacent to an activating group) is 1. The molecule has 0 spiro atoms. The molecule has 1 aliphatic carbocycles. The normalized spacial score (nSPS) is 19.0. The van der Waals surface area contributed by atoms with Gasteiger partial charge in [0.25, 0.3) is 0 Å². The van der Waals surface area contributed by atoms with Gasteiger partial charge in [-0.3, -0.25) is 4.79 Å². The molecule has 1 saturated carbocycles. The zero-order chi connectivity index (χ0) is 9.68. The van der Waals surface area contributed by atoms with Crippen molar-refractivity contribution in [2.75, 3.05) is 20.6 Å². The van der Waals surface area contributed by atoms with Gasteiger partial charge in [-0.05, 0) is 26.9 Å². The molecule has 0 aliphatic heterocycles. The molecule has 1 aliphatic rings. The average Bonchev–Trinajstić information content (AvgIpc) is 2.04. The Morgan fingerprint density at radius 1 is 1.31 bits per heavy atom. The average molecular weight is 184 g/mol. The van der Waals surface area contributed by atoms with Crippen LogP contribution in [0.25, 0.3) is 0 Å². The Balaban J connectivity index is 2.18. The third-order valence-corrected chi connectivity index (χ3v) is 2.43. The first-order valence-electron chi connectivity index (χ1n) is 5.12. The molecule has 1 rings (SSSR count). The Morgan fingerprint density at radius 3 is 2.46 bits per heavy atom. The SMILES string of the molecule is CN(C)CC(=O)NC1CCCCC1. The van der Waals surface area contributed by atoms with Gasteiger partial charge in [0, 0.05) is 6.04 Å². The third-order valence-electron chi connectivity index (χ3n) is 2.43. The summed E-state index contributed by atoms with van der Waals surface area (Å²) >= 11 is 0. The van der Waals surface area contributed by atoms with Crippen LogP contribution < -0.4 is 5.32 Å². The number of nitrogens with zero attached hydrogens (tertiary/aromatic N) is 1. The standard InChI is InChI=1S/C10H20N2O/c1-12(2)8-10(13)11-9-6-4-3-5-7-9/h9H,3-8H2,1-2H3,(H,11,13). The van der Waals surface area contributed by atoms with E-state index in [0.717, 1.165) is 0 Å². The molecule has 0 bridgehead atoms. The van der Waals surface area contributed by atoms with Gasteiger partial charge in [-0.25, -0.2) is 0 Å². The van der Waals surface area contributed by atoms with Gasteiger partial charge in [-0.2, -0.15) is 0 Å². The van der Waals surface area contributed by atoms with Crippen LogP contribution in [0.1, 0.15) is 32.1 Å². The van der Waals surface area contributed by atoms with Crippen molar-refractivity contribution >= 4 is 5.91 Å². The van der Waals surface area contributed by atoms with Crippen molar-refractivity contribution in [1.82, 2.24) is 10.2 Å². The van der Waals surface area contributed by atoms with E-state index in [1.807, 2.05) is 19.0 Å². The molecule has 0 aromatic heterocycles. The van der Waals surface area contributed by atoms with Crippen LogP contribution in [0, 0.1) is 0 Å². The fourth-order valence-corrected chi connectivity index (χ4v) is 1.81. The number of hydrogen-bond donors (Lipinski definition) is 1. The maximum atomic E-state index is 11.4. The Kier molecular flexibility index (Phi) is 4.22. The molecule has 1 fully saturated rings. The van der Waals surface area contributed by atoms with Gasteiger partial charge in [0.05, 0.1) is 6.54 Å². The minimum absolute atomic E-state index is 0.164. The Bertz CT molecular complexity index is 162. The smallest absolute Gasteiger partial charge is 0.234 e. The lowest BCUT2D eigenvalue weighted by Gasteiger charge is -2.23. The van der Waals surface area contributed by atoms with Gasteiger partial charge >= 0.3 is 0 Å². The summed E-state index contributed by atoms with van der Waals surface area (Å²) in [6.45, 7) is 0.510. The summed E-state index contributed by atoms with van der Waals surface area (Å²) in [5.41, 5.74) is 0. The minimum Gasteiger partial charge on any atom is -0.352 e. The van der Waals surface area contributed by atoms with Crippen molar-refractivity contribution in [3.8, 4) is 0 Å². The summed E-state index contributed by atoms with van der Waals surface area (Å²) in [7, 11) is 3.83. The Morgan fingerprint density at radius 2 is 1.92 bits per heavy atom. The van der Waals surface area contributed by atoms with E-state index in [1.165, 1.54) is 32.1 Å². The highest BCUT2D eigenvalue weighted by Crippen LogP contribution is 2.17. The molecule has 1 N–H and O–H groups in total. The van der Waals surface area contributed by atoms with Gasteiger partial charge in [0.1, 0.15) is 0 Å². The van der Waals surface area contributed by atoms with Crippen molar-refractivity contribution in [1.29, 1.82) is 0 Å². The predicted molar refractivity (Wildman–Crippen MR) is 53.6 cm³/mol. The molecular formula is C10H20N2O. The van der Waals surface area contributed by atoms with Crippen LogP contribution in [0.15, 0.2) is 0 Å². The summed E-state index contributed by atoms with van der Waals surface area (Å²) in [5.74, 6) is 0.164. The van der Waals surface area contributed by atoms with Crippen LogP contribution >= 0.6 is 0 Å². The Labute approximate surface area is 80.5 Å². The number of hydrogen-bond acceptors (Lipinski definition) is 2. The van der Waals surface area contributed by atoms with Crippen LogP contribution in [0.2, 0.25) is 0 Å². The fraction of sp³-hybridized carbons (Fsp3) is 0.900. The molecule has 0 atom stereocenters. The maximum Gasteiger partial charge on any atom is 0.234 e. The Hall–Kier alpha value is -0.570. The molecule has 1 amide bonds. The monoisotopic (exact) mass is 184 g/mol. The van der Waals surface area contributed by atoms with Crippen LogP contribution in [0.3, 0.4) is 0 Å². The predicted octanol–water partition coefficient (Wildman–Crippen LogP) is 0.997. The maximum absolute atomic E-state index is 11.4. The van der Waals surface area contributed by atoms with E-state index in [4.69, 9.17) is 0 Å². The zero-order valence-corrected chi connectivity index (χ0v) is 8.68. The quantitative estimate of drug-likeness (QED) is 0.709. The molecular weight excluding hydrogens is 164 g/mol. The first kappa shape index (κ1) is 10.5. The lowest BCUT2D eigenvalue weighted by molar-refractivity contribution is -0.122. The molecule has 3 heteroatoms. The van der Waals surface area contributed by atoms with Crippen LogP contribution in [0.4, 0.5) is 0 Å². The zero-order valence-electron chi connectivity index (χ0n) is 8.68. The van der Waals surface area contributed by atoms with E-state index in [0.29, 0.717) is 12.6 Å². The van der Waals surface area contributed by atoms with E-state index in [9.17, 15) is 4.79 Å².